The number of amides is 1. The van der Waals surface area contributed by atoms with Crippen molar-refractivity contribution in [2.24, 2.45) is 5.92 Å². The first kappa shape index (κ1) is 11.9. The first-order valence-corrected chi connectivity index (χ1v) is 6.34. The predicted molar refractivity (Wildman–Crippen MR) is 62.2 cm³/mol. The average molecular weight is 226 g/mol. The zero-order valence-electron chi connectivity index (χ0n) is 10.1. The molecule has 0 saturated carbocycles. The van der Waals surface area contributed by atoms with Crippen molar-refractivity contribution in [1.29, 1.82) is 0 Å². The van der Waals surface area contributed by atoms with E-state index in [1.165, 1.54) is 6.42 Å². The summed E-state index contributed by atoms with van der Waals surface area (Å²) in [6.45, 7) is 3.53. The van der Waals surface area contributed by atoms with Gasteiger partial charge in [0.05, 0.1) is 0 Å². The Morgan fingerprint density at radius 2 is 2.06 bits per heavy atom. The molecule has 92 valence electrons. The van der Waals surface area contributed by atoms with E-state index in [4.69, 9.17) is 4.74 Å². The summed E-state index contributed by atoms with van der Waals surface area (Å²) in [5.41, 5.74) is 0. The molecule has 0 aromatic carbocycles. The van der Waals surface area contributed by atoms with E-state index in [1.807, 2.05) is 11.9 Å². The summed E-state index contributed by atoms with van der Waals surface area (Å²) in [5.74, 6) is 0.512. The second kappa shape index (κ2) is 5.64. The van der Waals surface area contributed by atoms with Crippen molar-refractivity contribution in [3.8, 4) is 0 Å². The van der Waals surface area contributed by atoms with Gasteiger partial charge in [-0.15, -0.1) is 0 Å². The maximum absolute atomic E-state index is 12.2. The minimum atomic E-state index is 0.195. The molecule has 0 radical (unpaired) electrons. The molecule has 1 amide bonds. The van der Waals surface area contributed by atoms with Gasteiger partial charge in [-0.25, -0.2) is 0 Å². The molecule has 2 saturated heterocycles. The molecule has 2 fully saturated rings. The summed E-state index contributed by atoms with van der Waals surface area (Å²) >= 11 is 0. The van der Waals surface area contributed by atoms with E-state index in [0.717, 1.165) is 45.6 Å². The molecule has 0 spiro atoms. The van der Waals surface area contributed by atoms with E-state index in [-0.39, 0.29) is 5.92 Å². The SMILES string of the molecule is CN(C(=O)C1CCOCC1)[C@H]1CCCNC1. The van der Waals surface area contributed by atoms with Crippen LogP contribution in [-0.4, -0.2) is 50.2 Å². The van der Waals surface area contributed by atoms with E-state index in [0.29, 0.717) is 11.9 Å². The first-order chi connectivity index (χ1) is 7.79. The smallest absolute Gasteiger partial charge is 0.225 e. The normalized spacial score (nSPS) is 27.7. The highest BCUT2D eigenvalue weighted by atomic mass is 16.5. The second-order valence-electron chi connectivity index (χ2n) is 4.84. The van der Waals surface area contributed by atoms with Crippen LogP contribution in [0.15, 0.2) is 0 Å². The topological polar surface area (TPSA) is 41.6 Å². The Hall–Kier alpha value is -0.610. The van der Waals surface area contributed by atoms with Crippen molar-refractivity contribution in [3.05, 3.63) is 0 Å². The third kappa shape index (κ3) is 2.74. The van der Waals surface area contributed by atoms with E-state index in [2.05, 4.69) is 5.32 Å². The highest BCUT2D eigenvalue weighted by Gasteiger charge is 2.28. The van der Waals surface area contributed by atoms with Crippen LogP contribution in [0.1, 0.15) is 25.7 Å². The quantitative estimate of drug-likeness (QED) is 0.750. The molecule has 1 N–H and O–H groups in total. The fourth-order valence-electron chi connectivity index (χ4n) is 2.58. The number of hydrogen-bond acceptors (Lipinski definition) is 3. The summed E-state index contributed by atoms with van der Waals surface area (Å²) in [6.07, 6.45) is 4.10. The molecule has 0 aromatic rings. The van der Waals surface area contributed by atoms with Gasteiger partial charge in [0, 0.05) is 38.8 Å². The lowest BCUT2D eigenvalue weighted by Gasteiger charge is -2.35. The second-order valence-corrected chi connectivity index (χ2v) is 4.84. The zero-order chi connectivity index (χ0) is 11.4. The van der Waals surface area contributed by atoms with Gasteiger partial charge in [-0.2, -0.15) is 0 Å². The van der Waals surface area contributed by atoms with Crippen LogP contribution in [0.2, 0.25) is 0 Å². The molecule has 4 heteroatoms. The number of carbonyl (C=O) groups is 1. The lowest BCUT2D eigenvalue weighted by molar-refractivity contribution is -0.139. The van der Waals surface area contributed by atoms with Crippen molar-refractivity contribution in [3.63, 3.8) is 0 Å². The molecule has 0 aromatic heterocycles. The first-order valence-electron chi connectivity index (χ1n) is 6.34. The number of hydrogen-bond donors (Lipinski definition) is 1. The molecular formula is C12H22N2O2. The van der Waals surface area contributed by atoms with Gasteiger partial charge in [-0.05, 0) is 32.2 Å². The molecule has 2 aliphatic rings. The van der Waals surface area contributed by atoms with Crippen molar-refractivity contribution in [2.45, 2.75) is 31.7 Å². The molecule has 4 nitrogen and oxygen atoms in total. The standard InChI is InChI=1S/C12H22N2O2/c1-14(11-3-2-6-13-9-11)12(15)10-4-7-16-8-5-10/h10-11,13H,2-9H2,1H3/t11-/m0/s1. The number of piperidine rings is 1. The van der Waals surface area contributed by atoms with Crippen molar-refractivity contribution in [2.75, 3.05) is 33.4 Å². The monoisotopic (exact) mass is 226 g/mol. The minimum absolute atomic E-state index is 0.195. The zero-order valence-corrected chi connectivity index (χ0v) is 10.1. The van der Waals surface area contributed by atoms with Crippen LogP contribution >= 0.6 is 0 Å². The highest BCUT2D eigenvalue weighted by Crippen LogP contribution is 2.19. The molecule has 0 unspecified atom stereocenters. The molecule has 0 bridgehead atoms. The number of likely N-dealkylation sites (N-methyl/N-ethyl adjacent to an activating group) is 1. The Morgan fingerprint density at radius 3 is 2.69 bits per heavy atom. The van der Waals surface area contributed by atoms with Gasteiger partial charge in [-0.1, -0.05) is 0 Å². The molecule has 1 atom stereocenters. The van der Waals surface area contributed by atoms with Crippen LogP contribution in [0.5, 0.6) is 0 Å². The molecule has 2 aliphatic heterocycles. The Kier molecular flexibility index (Phi) is 4.18. The lowest BCUT2D eigenvalue weighted by atomic mass is 9.97. The van der Waals surface area contributed by atoms with Crippen LogP contribution in [0.3, 0.4) is 0 Å². The number of ether oxygens (including phenoxy) is 1. The van der Waals surface area contributed by atoms with Crippen LogP contribution in [0, 0.1) is 5.92 Å². The Labute approximate surface area is 97.3 Å². The molecule has 0 aliphatic carbocycles. The Morgan fingerprint density at radius 1 is 1.31 bits per heavy atom. The van der Waals surface area contributed by atoms with Crippen molar-refractivity contribution in [1.82, 2.24) is 10.2 Å². The fraction of sp³-hybridized carbons (Fsp3) is 0.917. The van der Waals surface area contributed by atoms with Gasteiger partial charge in [0.1, 0.15) is 0 Å². The van der Waals surface area contributed by atoms with Gasteiger partial charge in [-0.3, -0.25) is 4.79 Å². The van der Waals surface area contributed by atoms with Crippen molar-refractivity contribution < 1.29 is 9.53 Å². The van der Waals surface area contributed by atoms with E-state index < -0.39 is 0 Å². The van der Waals surface area contributed by atoms with Gasteiger partial charge in [0.15, 0.2) is 0 Å². The average Bonchev–Trinajstić information content (AvgIpc) is 2.39. The predicted octanol–water partition coefficient (Wildman–Crippen LogP) is 0.623. The summed E-state index contributed by atoms with van der Waals surface area (Å²) in [6, 6.07) is 0.393. The third-order valence-electron chi connectivity index (χ3n) is 3.74. The summed E-state index contributed by atoms with van der Waals surface area (Å²) in [5, 5.41) is 3.35. The molecule has 2 rings (SSSR count). The third-order valence-corrected chi connectivity index (χ3v) is 3.74. The Balaban J connectivity index is 1.86. The lowest BCUT2D eigenvalue weighted by Crippen LogP contribution is -2.49. The Bertz CT molecular complexity index is 233. The molecule has 16 heavy (non-hydrogen) atoms. The summed E-state index contributed by atoms with van der Waals surface area (Å²) in [4.78, 5) is 14.2. The number of nitrogens with zero attached hydrogens (tertiary/aromatic N) is 1. The largest absolute Gasteiger partial charge is 0.381 e. The summed E-state index contributed by atoms with van der Waals surface area (Å²) < 4.78 is 5.29. The maximum atomic E-state index is 12.2. The maximum Gasteiger partial charge on any atom is 0.225 e. The van der Waals surface area contributed by atoms with E-state index in [9.17, 15) is 4.79 Å². The van der Waals surface area contributed by atoms with Gasteiger partial charge in [0.2, 0.25) is 5.91 Å². The van der Waals surface area contributed by atoms with Gasteiger partial charge < -0.3 is 15.0 Å². The summed E-state index contributed by atoms with van der Waals surface area (Å²) in [7, 11) is 1.95. The number of nitrogens with one attached hydrogen (secondary N) is 1. The molecule has 2 heterocycles. The fourth-order valence-corrected chi connectivity index (χ4v) is 2.58. The van der Waals surface area contributed by atoms with Crippen LogP contribution in [0.4, 0.5) is 0 Å². The van der Waals surface area contributed by atoms with Gasteiger partial charge in [0.25, 0.3) is 0 Å². The minimum Gasteiger partial charge on any atom is -0.381 e. The van der Waals surface area contributed by atoms with Crippen LogP contribution < -0.4 is 5.32 Å². The van der Waals surface area contributed by atoms with Gasteiger partial charge >= 0.3 is 0 Å². The highest BCUT2D eigenvalue weighted by molar-refractivity contribution is 5.79. The number of rotatable bonds is 2. The van der Waals surface area contributed by atoms with E-state index in [1.54, 1.807) is 0 Å². The van der Waals surface area contributed by atoms with Crippen molar-refractivity contribution >= 4 is 5.91 Å². The van der Waals surface area contributed by atoms with Crippen LogP contribution in [-0.2, 0) is 9.53 Å². The number of carbonyl (C=O) groups excluding carboxylic acids is 1. The molecular weight excluding hydrogens is 204 g/mol. The van der Waals surface area contributed by atoms with Crippen LogP contribution in [0.25, 0.3) is 0 Å². The van der Waals surface area contributed by atoms with E-state index >= 15 is 0 Å².